The molecule has 1 N–H and O–H groups in total. The number of allylic oxidation sites excluding steroid dienone is 1. The molecule has 22 heavy (non-hydrogen) atoms. The molecule has 0 fully saturated rings. The van der Waals surface area contributed by atoms with Gasteiger partial charge in [-0.2, -0.15) is 0 Å². The van der Waals surface area contributed by atoms with Crippen molar-refractivity contribution in [3.8, 4) is 0 Å². The van der Waals surface area contributed by atoms with Crippen LogP contribution in [0.1, 0.15) is 15.9 Å². The number of nitrogens with zero attached hydrogens (tertiary/aromatic N) is 1. The molecule has 0 aromatic heterocycles. The summed E-state index contributed by atoms with van der Waals surface area (Å²) in [7, 11) is 1.74. The fourth-order valence-corrected chi connectivity index (χ4v) is 3.84. The van der Waals surface area contributed by atoms with E-state index in [2.05, 4.69) is 27.9 Å². The standard InChI is InChI=1S/C17H11IN2O2/c1-20-15-10(6-4-7-11(15)18)13(17(20)22)14-16(21)9-5-2-3-8-12(9)19-14/h2-8,19H,1H3/b14-13-. The highest BCUT2D eigenvalue weighted by Crippen LogP contribution is 2.42. The van der Waals surface area contributed by atoms with Gasteiger partial charge in [0.25, 0.3) is 5.91 Å². The highest BCUT2D eigenvalue weighted by molar-refractivity contribution is 14.1. The molecule has 0 bridgehead atoms. The normalized spacial score (nSPS) is 19.3. The van der Waals surface area contributed by atoms with Crippen molar-refractivity contribution in [3.05, 3.63) is 62.9 Å². The second kappa shape index (κ2) is 4.67. The van der Waals surface area contributed by atoms with Gasteiger partial charge in [-0.05, 0) is 40.8 Å². The molecule has 2 aliphatic rings. The van der Waals surface area contributed by atoms with Crippen LogP contribution in [0.25, 0.3) is 5.57 Å². The van der Waals surface area contributed by atoms with Crippen molar-refractivity contribution in [2.45, 2.75) is 0 Å². The minimum Gasteiger partial charge on any atom is -0.351 e. The smallest absolute Gasteiger partial charge is 0.261 e. The van der Waals surface area contributed by atoms with Gasteiger partial charge >= 0.3 is 0 Å². The summed E-state index contributed by atoms with van der Waals surface area (Å²) in [4.78, 5) is 26.9. The Hall–Kier alpha value is -2.15. The van der Waals surface area contributed by atoms with Gasteiger partial charge in [0.2, 0.25) is 5.78 Å². The molecule has 0 radical (unpaired) electrons. The van der Waals surface area contributed by atoms with Crippen LogP contribution in [0.4, 0.5) is 11.4 Å². The molecule has 0 unspecified atom stereocenters. The zero-order chi connectivity index (χ0) is 15.4. The van der Waals surface area contributed by atoms with E-state index < -0.39 is 0 Å². The molecule has 2 aromatic rings. The van der Waals surface area contributed by atoms with E-state index in [-0.39, 0.29) is 11.7 Å². The molecular weight excluding hydrogens is 391 g/mol. The number of hydrogen-bond acceptors (Lipinski definition) is 3. The third kappa shape index (κ3) is 1.68. The van der Waals surface area contributed by atoms with Crippen molar-refractivity contribution < 1.29 is 9.59 Å². The van der Waals surface area contributed by atoms with E-state index in [0.717, 1.165) is 20.5 Å². The maximum Gasteiger partial charge on any atom is 0.261 e. The molecule has 0 saturated heterocycles. The maximum absolute atomic E-state index is 12.7. The Morgan fingerprint density at radius 1 is 1.00 bits per heavy atom. The number of benzene rings is 2. The number of amides is 1. The minimum absolute atomic E-state index is 0.126. The first-order chi connectivity index (χ1) is 10.6. The fourth-order valence-electron chi connectivity index (χ4n) is 2.98. The summed E-state index contributed by atoms with van der Waals surface area (Å²) < 4.78 is 0.990. The van der Waals surface area contributed by atoms with E-state index in [1.54, 1.807) is 18.0 Å². The van der Waals surface area contributed by atoms with Crippen molar-refractivity contribution in [2.75, 3.05) is 17.3 Å². The first-order valence-electron chi connectivity index (χ1n) is 6.81. The lowest BCUT2D eigenvalue weighted by Crippen LogP contribution is -2.22. The summed E-state index contributed by atoms with van der Waals surface area (Å²) in [5.74, 6) is -0.276. The average molecular weight is 402 g/mol. The Balaban J connectivity index is 1.97. The number of likely N-dealkylation sites (N-methyl/N-ethyl adjacent to an activating group) is 1. The van der Waals surface area contributed by atoms with Crippen LogP contribution in [0.15, 0.2) is 48.2 Å². The quantitative estimate of drug-likeness (QED) is 0.544. The maximum atomic E-state index is 12.7. The number of para-hydroxylation sites is 2. The Labute approximate surface area is 141 Å². The number of carbonyl (C=O) groups is 2. The zero-order valence-electron chi connectivity index (χ0n) is 11.7. The minimum atomic E-state index is -0.150. The molecule has 5 heteroatoms. The van der Waals surface area contributed by atoms with Gasteiger partial charge in [-0.25, -0.2) is 0 Å². The Morgan fingerprint density at radius 2 is 1.73 bits per heavy atom. The summed E-state index contributed by atoms with van der Waals surface area (Å²) in [6.07, 6.45) is 0. The summed E-state index contributed by atoms with van der Waals surface area (Å²) in [6, 6.07) is 13.1. The van der Waals surface area contributed by atoms with Crippen LogP contribution in [0.3, 0.4) is 0 Å². The fraction of sp³-hybridized carbons (Fsp3) is 0.0588. The first-order valence-corrected chi connectivity index (χ1v) is 7.89. The molecule has 2 aliphatic heterocycles. The second-order valence-electron chi connectivity index (χ2n) is 5.25. The van der Waals surface area contributed by atoms with Crippen LogP contribution in [0.5, 0.6) is 0 Å². The average Bonchev–Trinajstić information content (AvgIpc) is 2.97. The van der Waals surface area contributed by atoms with Gasteiger partial charge in [-0.3, -0.25) is 9.59 Å². The lowest BCUT2D eigenvalue weighted by atomic mass is 10.0. The number of halogens is 1. The van der Waals surface area contributed by atoms with E-state index in [1.165, 1.54) is 0 Å². The third-order valence-corrected chi connectivity index (χ3v) is 4.89. The van der Waals surface area contributed by atoms with Gasteiger partial charge in [-0.1, -0.05) is 24.3 Å². The topological polar surface area (TPSA) is 49.4 Å². The van der Waals surface area contributed by atoms with Crippen LogP contribution >= 0.6 is 22.6 Å². The number of anilines is 2. The number of ketones is 1. The molecule has 4 rings (SSSR count). The number of nitrogens with one attached hydrogen (secondary N) is 1. The SMILES string of the molecule is CN1C(=O)/C(=C2\Nc3ccccc3C2=O)c2cccc(I)c21. The zero-order valence-corrected chi connectivity index (χ0v) is 13.8. The van der Waals surface area contributed by atoms with Gasteiger partial charge in [-0.15, -0.1) is 0 Å². The number of rotatable bonds is 0. The summed E-state index contributed by atoms with van der Waals surface area (Å²) in [5.41, 5.74) is 3.87. The molecule has 2 heterocycles. The van der Waals surface area contributed by atoms with Crippen molar-refractivity contribution in [2.24, 2.45) is 0 Å². The van der Waals surface area contributed by atoms with E-state index in [1.807, 2.05) is 36.4 Å². The van der Waals surface area contributed by atoms with Crippen LogP contribution in [0.2, 0.25) is 0 Å². The third-order valence-electron chi connectivity index (χ3n) is 4.02. The second-order valence-corrected chi connectivity index (χ2v) is 6.41. The molecule has 4 nitrogen and oxygen atoms in total. The van der Waals surface area contributed by atoms with Crippen molar-refractivity contribution in [3.63, 3.8) is 0 Å². The van der Waals surface area contributed by atoms with Crippen LogP contribution in [0, 0.1) is 3.57 Å². The molecule has 108 valence electrons. The van der Waals surface area contributed by atoms with Gasteiger partial charge < -0.3 is 10.2 Å². The largest absolute Gasteiger partial charge is 0.351 e. The predicted molar refractivity (Wildman–Crippen MR) is 93.9 cm³/mol. The number of fused-ring (bicyclic) bond motifs is 2. The number of Topliss-reactive ketones (excluding diaryl/α,β-unsaturated/α-hetero) is 1. The predicted octanol–water partition coefficient (Wildman–Crippen LogP) is 3.29. The van der Waals surface area contributed by atoms with Crippen molar-refractivity contribution in [1.82, 2.24) is 0 Å². The van der Waals surface area contributed by atoms with Crippen molar-refractivity contribution >= 4 is 51.2 Å². The number of carbonyl (C=O) groups excluding carboxylic acids is 2. The highest BCUT2D eigenvalue weighted by atomic mass is 127. The highest BCUT2D eigenvalue weighted by Gasteiger charge is 2.38. The van der Waals surface area contributed by atoms with E-state index in [4.69, 9.17) is 0 Å². The molecule has 0 saturated carbocycles. The molecule has 2 aromatic carbocycles. The Bertz CT molecular complexity index is 886. The lowest BCUT2D eigenvalue weighted by molar-refractivity contribution is -0.112. The van der Waals surface area contributed by atoms with Crippen LogP contribution < -0.4 is 10.2 Å². The molecule has 0 spiro atoms. The molecule has 0 atom stereocenters. The summed E-state index contributed by atoms with van der Waals surface area (Å²) in [6.45, 7) is 0. The molecule has 0 aliphatic carbocycles. The summed E-state index contributed by atoms with van der Waals surface area (Å²) >= 11 is 2.21. The van der Waals surface area contributed by atoms with Crippen LogP contribution in [-0.2, 0) is 4.79 Å². The summed E-state index contributed by atoms with van der Waals surface area (Å²) in [5, 5.41) is 3.12. The van der Waals surface area contributed by atoms with Gasteiger partial charge in [0, 0.05) is 27.4 Å². The van der Waals surface area contributed by atoms with E-state index in [9.17, 15) is 9.59 Å². The Kier molecular flexibility index (Phi) is 2.87. The number of hydrogen-bond donors (Lipinski definition) is 1. The molecule has 1 amide bonds. The van der Waals surface area contributed by atoms with E-state index in [0.29, 0.717) is 16.8 Å². The van der Waals surface area contributed by atoms with Gasteiger partial charge in [0.15, 0.2) is 0 Å². The van der Waals surface area contributed by atoms with Gasteiger partial charge in [0.1, 0.15) is 5.70 Å². The van der Waals surface area contributed by atoms with E-state index >= 15 is 0 Å². The lowest BCUT2D eigenvalue weighted by Gasteiger charge is -2.10. The Morgan fingerprint density at radius 3 is 2.50 bits per heavy atom. The van der Waals surface area contributed by atoms with Gasteiger partial charge in [0.05, 0.1) is 11.3 Å². The molecular formula is C17H11IN2O2. The van der Waals surface area contributed by atoms with Crippen LogP contribution in [-0.4, -0.2) is 18.7 Å². The monoisotopic (exact) mass is 402 g/mol. The first kappa shape index (κ1) is 13.5. The van der Waals surface area contributed by atoms with Crippen molar-refractivity contribution in [1.29, 1.82) is 0 Å².